The van der Waals surface area contributed by atoms with E-state index in [9.17, 15) is 9.59 Å². The number of esters is 2. The third-order valence-electron chi connectivity index (χ3n) is 4.44. The minimum Gasteiger partial charge on any atom is -0.424 e. The first kappa shape index (κ1) is 22.9. The van der Waals surface area contributed by atoms with Gasteiger partial charge >= 0.3 is 11.9 Å². The molecule has 1 heterocycles. The van der Waals surface area contributed by atoms with Crippen molar-refractivity contribution in [3.63, 3.8) is 0 Å². The fourth-order valence-electron chi connectivity index (χ4n) is 2.83. The Balaban J connectivity index is 1.85. The molecule has 0 radical (unpaired) electrons. The van der Waals surface area contributed by atoms with E-state index in [4.69, 9.17) is 9.47 Å². The molecule has 0 N–H and O–H groups in total. The highest BCUT2D eigenvalue weighted by molar-refractivity contribution is 14.1. The summed E-state index contributed by atoms with van der Waals surface area (Å²) in [5.41, 5.74) is 2.99. The van der Waals surface area contributed by atoms with Crippen molar-refractivity contribution >= 4 is 69.1 Å². The Morgan fingerprint density at radius 2 is 1.80 bits per heavy atom. The van der Waals surface area contributed by atoms with Gasteiger partial charge in [-0.25, -0.2) is 9.79 Å². The summed E-state index contributed by atoms with van der Waals surface area (Å²) in [5, 5.41) is 0. The van der Waals surface area contributed by atoms with Crippen LogP contribution in [0.15, 0.2) is 47.1 Å². The average Bonchev–Trinajstić information content (AvgIpc) is 3.05. The van der Waals surface area contributed by atoms with Crippen LogP contribution in [0.25, 0.3) is 6.08 Å². The summed E-state index contributed by atoms with van der Waals surface area (Å²) in [6.07, 6.45) is 2.79. The molecule has 0 aromatic heterocycles. The van der Waals surface area contributed by atoms with E-state index in [0.717, 1.165) is 24.7 Å². The topological polar surface area (TPSA) is 65.0 Å². The van der Waals surface area contributed by atoms with Gasteiger partial charge in [-0.3, -0.25) is 4.79 Å². The lowest BCUT2D eigenvalue weighted by Crippen LogP contribution is -2.09. The van der Waals surface area contributed by atoms with Crippen LogP contribution in [0.5, 0.6) is 5.75 Å². The van der Waals surface area contributed by atoms with Crippen LogP contribution in [0.4, 0.5) is 0 Å². The number of carbonyl (C=O) groups is 2. The van der Waals surface area contributed by atoms with Crippen LogP contribution in [0.3, 0.4) is 0 Å². The normalized spacial score (nSPS) is 14.8. The zero-order valence-electron chi connectivity index (χ0n) is 16.9. The summed E-state index contributed by atoms with van der Waals surface area (Å²) in [5.74, 6) is 0.533. The van der Waals surface area contributed by atoms with Gasteiger partial charge in [0.15, 0.2) is 11.4 Å². The molecule has 3 rings (SSSR count). The zero-order valence-corrected chi connectivity index (χ0v) is 21.2. The summed E-state index contributed by atoms with van der Waals surface area (Å²) in [6, 6.07) is 11.6. The Morgan fingerprint density at radius 3 is 2.37 bits per heavy atom. The molecule has 0 saturated carbocycles. The van der Waals surface area contributed by atoms with E-state index in [1.165, 1.54) is 5.56 Å². The first-order valence-corrected chi connectivity index (χ1v) is 11.8. The van der Waals surface area contributed by atoms with E-state index in [-0.39, 0.29) is 11.7 Å². The molecular formula is C23H21I2NO4. The molecule has 1 aliphatic rings. The number of halogens is 2. The minimum absolute atomic E-state index is 0.236. The van der Waals surface area contributed by atoms with Crippen molar-refractivity contribution in [2.24, 2.45) is 4.99 Å². The van der Waals surface area contributed by atoms with Gasteiger partial charge in [-0.05, 0) is 99.0 Å². The van der Waals surface area contributed by atoms with Crippen molar-refractivity contribution in [2.45, 2.75) is 39.5 Å². The predicted molar refractivity (Wildman–Crippen MR) is 134 cm³/mol. The van der Waals surface area contributed by atoms with Gasteiger partial charge in [0, 0.05) is 12.0 Å². The smallest absolute Gasteiger partial charge is 0.363 e. The lowest BCUT2D eigenvalue weighted by Gasteiger charge is -2.09. The van der Waals surface area contributed by atoms with E-state index < -0.39 is 5.97 Å². The van der Waals surface area contributed by atoms with Crippen molar-refractivity contribution < 1.29 is 19.1 Å². The maximum Gasteiger partial charge on any atom is 0.363 e. The number of carbonyl (C=O) groups excluding carboxylic acids is 2. The second-order valence-corrected chi connectivity index (χ2v) is 9.47. The maximum absolute atomic E-state index is 12.3. The first-order valence-electron chi connectivity index (χ1n) is 9.61. The van der Waals surface area contributed by atoms with Gasteiger partial charge in [-0.1, -0.05) is 32.9 Å². The molecule has 0 bridgehead atoms. The van der Waals surface area contributed by atoms with Crippen LogP contribution >= 0.6 is 45.2 Å². The molecule has 0 fully saturated rings. The molecule has 1 aliphatic heterocycles. The van der Waals surface area contributed by atoms with Crippen molar-refractivity contribution in [3.8, 4) is 5.75 Å². The Morgan fingerprint density at radius 1 is 1.17 bits per heavy atom. The largest absolute Gasteiger partial charge is 0.424 e. The molecule has 0 saturated heterocycles. The van der Waals surface area contributed by atoms with Gasteiger partial charge < -0.3 is 9.47 Å². The van der Waals surface area contributed by atoms with Gasteiger partial charge in [-0.15, -0.1) is 0 Å². The van der Waals surface area contributed by atoms with Gasteiger partial charge in [0.05, 0.1) is 7.14 Å². The van der Waals surface area contributed by atoms with Gasteiger partial charge in [0.2, 0.25) is 5.90 Å². The molecule has 0 atom stereocenters. The molecule has 30 heavy (non-hydrogen) atoms. The van der Waals surface area contributed by atoms with E-state index in [1.807, 2.05) is 43.3 Å². The quantitative estimate of drug-likeness (QED) is 0.169. The van der Waals surface area contributed by atoms with E-state index in [1.54, 1.807) is 6.08 Å². The Kier molecular flexibility index (Phi) is 7.67. The van der Waals surface area contributed by atoms with E-state index in [2.05, 4.69) is 64.0 Å². The fourth-order valence-corrected chi connectivity index (χ4v) is 4.87. The fraction of sp³-hybridized carbons (Fsp3) is 0.261. The highest BCUT2D eigenvalue weighted by Crippen LogP contribution is 2.31. The first-order chi connectivity index (χ1) is 14.3. The summed E-state index contributed by atoms with van der Waals surface area (Å²) in [4.78, 5) is 28.5. The number of rotatable bonds is 6. The summed E-state index contributed by atoms with van der Waals surface area (Å²) < 4.78 is 12.4. The molecule has 5 nitrogen and oxygen atoms in total. The summed E-state index contributed by atoms with van der Waals surface area (Å²) in [7, 11) is 0. The number of cyclic esters (lactones) is 1. The summed E-state index contributed by atoms with van der Waals surface area (Å²) in [6.45, 7) is 6.18. The summed E-state index contributed by atoms with van der Waals surface area (Å²) >= 11 is 4.25. The molecule has 0 unspecified atom stereocenters. The number of hydrogen-bond donors (Lipinski definition) is 0. The molecule has 156 valence electrons. The van der Waals surface area contributed by atoms with Crippen molar-refractivity contribution in [3.05, 3.63) is 65.9 Å². The third-order valence-corrected chi connectivity index (χ3v) is 6.04. The standard InChI is InChI=1S/C23H21I2NO4/c1-4-5-20(27)29-21-17(24)10-14(11-18(21)25)12-19-23(28)30-22(26-19)16-8-6-15(7-9-16)13(2)3/h6-13H,4-5H2,1-3H3/b19-12-. The highest BCUT2D eigenvalue weighted by atomic mass is 127. The van der Waals surface area contributed by atoms with Crippen molar-refractivity contribution in [2.75, 3.05) is 0 Å². The predicted octanol–water partition coefficient (Wildman–Crippen LogP) is 6.07. The van der Waals surface area contributed by atoms with Crippen molar-refractivity contribution in [1.29, 1.82) is 0 Å². The van der Waals surface area contributed by atoms with Crippen LogP contribution in [-0.2, 0) is 14.3 Å². The molecule has 7 heteroatoms. The third kappa shape index (κ3) is 5.48. The SMILES string of the molecule is CCCC(=O)Oc1c(I)cc(/C=C2\N=C(c3ccc(C(C)C)cc3)OC2=O)cc1I. The Hall–Kier alpha value is -1.75. The van der Waals surface area contributed by atoms with Crippen LogP contribution in [0, 0.1) is 7.14 Å². The number of ether oxygens (including phenoxy) is 2. The Labute approximate surface area is 203 Å². The number of benzene rings is 2. The van der Waals surface area contributed by atoms with Crippen LogP contribution in [-0.4, -0.2) is 17.8 Å². The van der Waals surface area contributed by atoms with Gasteiger partial charge in [-0.2, -0.15) is 0 Å². The molecule has 0 amide bonds. The number of nitrogens with zero attached hydrogens (tertiary/aromatic N) is 1. The second kappa shape index (κ2) is 10.0. The molecular weight excluding hydrogens is 608 g/mol. The molecule has 2 aromatic rings. The lowest BCUT2D eigenvalue weighted by molar-refractivity contribution is -0.134. The Bertz CT molecular complexity index is 1020. The minimum atomic E-state index is -0.485. The van der Waals surface area contributed by atoms with Gasteiger partial charge in [0.25, 0.3) is 0 Å². The molecule has 0 spiro atoms. The number of aliphatic imine (C=N–C) groups is 1. The molecule has 2 aromatic carbocycles. The van der Waals surface area contributed by atoms with E-state index in [0.29, 0.717) is 24.0 Å². The lowest BCUT2D eigenvalue weighted by atomic mass is 10.0. The highest BCUT2D eigenvalue weighted by Gasteiger charge is 2.24. The monoisotopic (exact) mass is 629 g/mol. The van der Waals surface area contributed by atoms with Crippen LogP contribution in [0.1, 0.15) is 56.2 Å². The average molecular weight is 629 g/mol. The van der Waals surface area contributed by atoms with E-state index >= 15 is 0 Å². The van der Waals surface area contributed by atoms with Crippen LogP contribution in [0.2, 0.25) is 0 Å². The molecule has 0 aliphatic carbocycles. The number of hydrogen-bond acceptors (Lipinski definition) is 5. The van der Waals surface area contributed by atoms with Gasteiger partial charge in [0.1, 0.15) is 0 Å². The second-order valence-electron chi connectivity index (χ2n) is 7.15. The van der Waals surface area contributed by atoms with Crippen molar-refractivity contribution in [1.82, 2.24) is 0 Å². The zero-order chi connectivity index (χ0) is 21.8. The maximum atomic E-state index is 12.3. The van der Waals surface area contributed by atoms with Crippen LogP contribution < -0.4 is 4.74 Å².